The number of carbonyl (C=O) groups excluding carboxylic acids is 1. The summed E-state index contributed by atoms with van der Waals surface area (Å²) >= 11 is 0. The molecular weight excluding hydrogens is 180 g/mol. The second-order valence-electron chi connectivity index (χ2n) is 4.95. The van der Waals surface area contributed by atoms with Gasteiger partial charge in [-0.15, -0.1) is 0 Å². The molecule has 82 valence electrons. The average molecular weight is 200 g/mol. The molecule has 1 fully saturated rings. The summed E-state index contributed by atoms with van der Waals surface area (Å²) in [6.07, 6.45) is 2.54. The maximum Gasteiger partial charge on any atom is 0.408 e. The van der Waals surface area contributed by atoms with Crippen LogP contribution in [0.5, 0.6) is 0 Å². The summed E-state index contributed by atoms with van der Waals surface area (Å²) in [5.41, 5.74) is 4.98. The maximum atomic E-state index is 11.4. The predicted molar refractivity (Wildman–Crippen MR) is 55.0 cm³/mol. The number of rotatable bonds is 3. The van der Waals surface area contributed by atoms with E-state index in [0.29, 0.717) is 6.54 Å². The molecule has 0 heterocycles. The molecule has 1 aliphatic rings. The first-order valence-electron chi connectivity index (χ1n) is 5.08. The Labute approximate surface area is 85.2 Å². The van der Waals surface area contributed by atoms with Crippen LogP contribution < -0.4 is 11.1 Å². The Bertz CT molecular complexity index is 217. The number of nitrogens with two attached hydrogens (primary N) is 1. The lowest BCUT2D eigenvalue weighted by Crippen LogP contribution is -2.41. The number of nitrogens with one attached hydrogen (secondary N) is 1. The van der Waals surface area contributed by atoms with Gasteiger partial charge in [0.15, 0.2) is 0 Å². The van der Waals surface area contributed by atoms with Gasteiger partial charge in [-0.2, -0.15) is 0 Å². The van der Waals surface area contributed by atoms with Crippen molar-refractivity contribution < 1.29 is 9.53 Å². The zero-order chi connectivity index (χ0) is 10.8. The van der Waals surface area contributed by atoms with Gasteiger partial charge in [-0.25, -0.2) is 4.79 Å². The highest BCUT2D eigenvalue weighted by Crippen LogP contribution is 2.38. The Hall–Kier alpha value is -0.770. The van der Waals surface area contributed by atoms with Gasteiger partial charge < -0.3 is 15.8 Å². The van der Waals surface area contributed by atoms with Crippen LogP contribution in [-0.2, 0) is 4.74 Å². The van der Waals surface area contributed by atoms with Gasteiger partial charge in [0, 0.05) is 5.54 Å². The molecule has 1 aliphatic carbocycles. The monoisotopic (exact) mass is 200 g/mol. The third kappa shape index (κ3) is 3.54. The standard InChI is InChI=1S/C10H20N2O2/c1-9(2,3)14-8(13)12-10(4-5-10)6-7-11/h4-7,11H2,1-3H3,(H,12,13). The third-order valence-electron chi connectivity index (χ3n) is 2.24. The van der Waals surface area contributed by atoms with Crippen LogP contribution in [0.3, 0.4) is 0 Å². The van der Waals surface area contributed by atoms with Crippen LogP contribution in [-0.4, -0.2) is 23.8 Å². The number of amides is 1. The van der Waals surface area contributed by atoms with Crippen molar-refractivity contribution in [3.63, 3.8) is 0 Å². The summed E-state index contributed by atoms with van der Waals surface area (Å²) in [6, 6.07) is 0. The summed E-state index contributed by atoms with van der Waals surface area (Å²) in [5.74, 6) is 0. The highest BCUT2D eigenvalue weighted by molar-refractivity contribution is 5.69. The summed E-state index contributed by atoms with van der Waals surface area (Å²) in [7, 11) is 0. The molecule has 0 radical (unpaired) electrons. The first kappa shape index (κ1) is 11.3. The van der Waals surface area contributed by atoms with Crippen molar-refractivity contribution in [2.75, 3.05) is 6.54 Å². The Balaban J connectivity index is 2.34. The van der Waals surface area contributed by atoms with Crippen LogP contribution in [0.4, 0.5) is 4.79 Å². The van der Waals surface area contributed by atoms with Crippen LogP contribution in [0.2, 0.25) is 0 Å². The average Bonchev–Trinajstić information content (AvgIpc) is 2.64. The molecule has 0 unspecified atom stereocenters. The Kier molecular flexibility index (Phi) is 3.04. The number of carbonyl (C=O) groups is 1. The van der Waals surface area contributed by atoms with E-state index in [2.05, 4.69) is 5.32 Å². The van der Waals surface area contributed by atoms with Crippen molar-refractivity contribution in [2.45, 2.75) is 51.2 Å². The molecule has 14 heavy (non-hydrogen) atoms. The molecule has 0 atom stereocenters. The second-order valence-corrected chi connectivity index (χ2v) is 4.95. The first-order chi connectivity index (χ1) is 6.37. The number of alkyl carbamates (subject to hydrolysis) is 1. The van der Waals surface area contributed by atoms with Crippen molar-refractivity contribution in [3.05, 3.63) is 0 Å². The second kappa shape index (κ2) is 3.77. The van der Waals surface area contributed by atoms with E-state index < -0.39 is 5.60 Å². The SMILES string of the molecule is CC(C)(C)OC(=O)NC1(CCN)CC1. The fraction of sp³-hybridized carbons (Fsp3) is 0.900. The van der Waals surface area contributed by atoms with E-state index in [0.717, 1.165) is 19.3 Å². The van der Waals surface area contributed by atoms with E-state index in [1.807, 2.05) is 20.8 Å². The van der Waals surface area contributed by atoms with Gasteiger partial charge in [0.05, 0.1) is 0 Å². The van der Waals surface area contributed by atoms with E-state index in [1.54, 1.807) is 0 Å². The summed E-state index contributed by atoms with van der Waals surface area (Å²) in [6.45, 7) is 6.18. The molecule has 1 amide bonds. The minimum absolute atomic E-state index is 0.0584. The predicted octanol–water partition coefficient (Wildman–Crippen LogP) is 1.39. The van der Waals surface area contributed by atoms with Crippen molar-refractivity contribution in [2.24, 2.45) is 5.73 Å². The smallest absolute Gasteiger partial charge is 0.408 e. The molecule has 0 aliphatic heterocycles. The summed E-state index contributed by atoms with van der Waals surface area (Å²) in [4.78, 5) is 11.4. The van der Waals surface area contributed by atoms with E-state index in [4.69, 9.17) is 10.5 Å². The van der Waals surface area contributed by atoms with Gasteiger partial charge in [0.25, 0.3) is 0 Å². The third-order valence-corrected chi connectivity index (χ3v) is 2.24. The molecule has 0 aromatic carbocycles. The largest absolute Gasteiger partial charge is 0.444 e. The normalized spacial score (nSPS) is 18.9. The van der Waals surface area contributed by atoms with Gasteiger partial charge in [0.1, 0.15) is 5.60 Å². The van der Waals surface area contributed by atoms with Crippen LogP contribution in [0, 0.1) is 0 Å². The molecule has 0 bridgehead atoms. The van der Waals surface area contributed by atoms with E-state index in [-0.39, 0.29) is 11.6 Å². The van der Waals surface area contributed by atoms with Gasteiger partial charge in [-0.05, 0) is 46.6 Å². The first-order valence-corrected chi connectivity index (χ1v) is 5.08. The topological polar surface area (TPSA) is 64.3 Å². The van der Waals surface area contributed by atoms with Crippen LogP contribution in [0.25, 0.3) is 0 Å². The summed E-state index contributed by atoms with van der Waals surface area (Å²) in [5, 5.41) is 2.88. The fourth-order valence-corrected chi connectivity index (χ4v) is 1.38. The Morgan fingerprint density at radius 1 is 1.50 bits per heavy atom. The molecule has 3 N–H and O–H groups in total. The van der Waals surface area contributed by atoms with Crippen LogP contribution >= 0.6 is 0 Å². The summed E-state index contributed by atoms with van der Waals surface area (Å²) < 4.78 is 5.17. The molecule has 1 saturated carbocycles. The number of hydrogen-bond donors (Lipinski definition) is 2. The molecule has 4 nitrogen and oxygen atoms in total. The number of hydrogen-bond acceptors (Lipinski definition) is 3. The lowest BCUT2D eigenvalue weighted by molar-refractivity contribution is 0.0494. The zero-order valence-corrected chi connectivity index (χ0v) is 9.22. The van der Waals surface area contributed by atoms with Crippen molar-refractivity contribution in [1.82, 2.24) is 5.32 Å². The van der Waals surface area contributed by atoms with Crippen molar-refractivity contribution in [1.29, 1.82) is 0 Å². The van der Waals surface area contributed by atoms with Crippen LogP contribution in [0.15, 0.2) is 0 Å². The van der Waals surface area contributed by atoms with E-state index in [1.165, 1.54) is 0 Å². The van der Waals surface area contributed by atoms with Crippen LogP contribution in [0.1, 0.15) is 40.0 Å². The maximum absolute atomic E-state index is 11.4. The molecular formula is C10H20N2O2. The Morgan fingerprint density at radius 3 is 2.43 bits per heavy atom. The van der Waals surface area contributed by atoms with Crippen molar-refractivity contribution >= 4 is 6.09 Å². The van der Waals surface area contributed by atoms with Gasteiger partial charge in [0.2, 0.25) is 0 Å². The zero-order valence-electron chi connectivity index (χ0n) is 9.22. The lowest BCUT2D eigenvalue weighted by atomic mass is 10.2. The van der Waals surface area contributed by atoms with Crippen molar-refractivity contribution in [3.8, 4) is 0 Å². The Morgan fingerprint density at radius 2 is 2.07 bits per heavy atom. The highest BCUT2D eigenvalue weighted by atomic mass is 16.6. The highest BCUT2D eigenvalue weighted by Gasteiger charge is 2.43. The van der Waals surface area contributed by atoms with E-state index >= 15 is 0 Å². The molecule has 1 rings (SSSR count). The van der Waals surface area contributed by atoms with E-state index in [9.17, 15) is 4.79 Å². The number of ether oxygens (including phenoxy) is 1. The minimum Gasteiger partial charge on any atom is -0.444 e. The fourth-order valence-electron chi connectivity index (χ4n) is 1.38. The minimum atomic E-state index is -0.428. The molecule has 0 aromatic rings. The lowest BCUT2D eigenvalue weighted by Gasteiger charge is -2.23. The molecule has 4 heteroatoms. The quantitative estimate of drug-likeness (QED) is 0.723. The molecule has 0 spiro atoms. The molecule has 0 aromatic heterocycles. The van der Waals surface area contributed by atoms with Gasteiger partial charge in [-0.1, -0.05) is 0 Å². The van der Waals surface area contributed by atoms with Gasteiger partial charge >= 0.3 is 6.09 Å². The molecule has 0 saturated heterocycles. The van der Waals surface area contributed by atoms with Gasteiger partial charge in [-0.3, -0.25) is 0 Å².